The van der Waals surface area contributed by atoms with Crippen LogP contribution in [0.15, 0.2) is 48.5 Å². The highest BCUT2D eigenvalue weighted by molar-refractivity contribution is 5.55. The summed E-state index contributed by atoms with van der Waals surface area (Å²) in [5, 5.41) is 22.5. The van der Waals surface area contributed by atoms with Crippen LogP contribution in [0.2, 0.25) is 0 Å². The number of terminal acetylenes is 1. The molecule has 4 aliphatic rings. The van der Waals surface area contributed by atoms with Crippen LogP contribution in [-0.2, 0) is 16.8 Å². The van der Waals surface area contributed by atoms with Gasteiger partial charge in [0.25, 0.3) is 0 Å². The van der Waals surface area contributed by atoms with Crippen LogP contribution in [-0.4, -0.2) is 66.7 Å². The lowest BCUT2D eigenvalue weighted by Gasteiger charge is -2.55. The van der Waals surface area contributed by atoms with Gasteiger partial charge in [0.05, 0.1) is 6.10 Å². The lowest BCUT2D eigenvalue weighted by atomic mass is 9.65. The molecule has 0 radical (unpaired) electrons. The molecule has 4 fully saturated rings. The van der Waals surface area contributed by atoms with Crippen molar-refractivity contribution < 1.29 is 14.9 Å². The van der Waals surface area contributed by atoms with E-state index in [2.05, 4.69) is 46.1 Å². The first-order chi connectivity index (χ1) is 15.5. The summed E-state index contributed by atoms with van der Waals surface area (Å²) in [4.78, 5) is 4.43. The van der Waals surface area contributed by atoms with Gasteiger partial charge in [-0.05, 0) is 67.1 Å². The highest BCUT2D eigenvalue weighted by Gasteiger charge is 2.54. The molecule has 1 unspecified atom stereocenters. The zero-order valence-electron chi connectivity index (χ0n) is 18.7. The largest absolute Gasteiger partial charge is 0.388 e. The second-order valence-corrected chi connectivity index (χ2v) is 9.46. The van der Waals surface area contributed by atoms with Crippen molar-refractivity contribution in [1.29, 1.82) is 0 Å². The lowest BCUT2D eigenvalue weighted by Crippen LogP contribution is -2.63. The van der Waals surface area contributed by atoms with Crippen molar-refractivity contribution in [3.05, 3.63) is 65.2 Å². The van der Waals surface area contributed by atoms with Crippen LogP contribution >= 0.6 is 0 Å². The number of rotatable bonds is 5. The zero-order chi connectivity index (χ0) is 22.3. The number of fused-ring (bicyclic) bond motifs is 3. The summed E-state index contributed by atoms with van der Waals surface area (Å²) < 4.78 is 5.44. The Labute approximate surface area is 190 Å². The number of ether oxygens (including phenoxy) is 1. The van der Waals surface area contributed by atoms with Crippen molar-refractivity contribution >= 4 is 5.69 Å². The average Bonchev–Trinajstić information content (AvgIpc) is 3.21. The van der Waals surface area contributed by atoms with Crippen LogP contribution in [0.1, 0.15) is 29.5 Å². The van der Waals surface area contributed by atoms with Gasteiger partial charge in [-0.3, -0.25) is 4.90 Å². The summed E-state index contributed by atoms with van der Waals surface area (Å²) in [5.74, 6) is 3.09. The number of nitrogens with zero attached hydrogens (tertiary/aromatic N) is 2. The van der Waals surface area contributed by atoms with E-state index < -0.39 is 11.7 Å². The van der Waals surface area contributed by atoms with Crippen LogP contribution < -0.4 is 4.90 Å². The Morgan fingerprint density at radius 1 is 1.12 bits per heavy atom. The van der Waals surface area contributed by atoms with Crippen molar-refractivity contribution in [1.82, 2.24) is 4.90 Å². The highest BCUT2D eigenvalue weighted by atomic mass is 16.5. The second kappa shape index (κ2) is 8.53. The van der Waals surface area contributed by atoms with Crippen molar-refractivity contribution in [3.63, 3.8) is 0 Å². The molecule has 2 bridgehead atoms. The van der Waals surface area contributed by atoms with Gasteiger partial charge in [-0.15, -0.1) is 6.42 Å². The van der Waals surface area contributed by atoms with Crippen molar-refractivity contribution in [2.75, 3.05) is 38.2 Å². The Hall–Kier alpha value is -2.36. The molecule has 0 aliphatic carbocycles. The molecular weight excluding hydrogens is 400 g/mol. The van der Waals surface area contributed by atoms with E-state index in [9.17, 15) is 10.2 Å². The van der Waals surface area contributed by atoms with Crippen LogP contribution in [0.3, 0.4) is 0 Å². The molecule has 4 aliphatic heterocycles. The summed E-state index contributed by atoms with van der Waals surface area (Å²) in [6, 6.07) is 16.4. The molecule has 2 aromatic rings. The normalized spacial score (nSPS) is 33.9. The van der Waals surface area contributed by atoms with Gasteiger partial charge in [-0.2, -0.15) is 0 Å². The minimum Gasteiger partial charge on any atom is -0.388 e. The third-order valence-corrected chi connectivity index (χ3v) is 7.75. The topological polar surface area (TPSA) is 56.2 Å². The molecule has 168 valence electrons. The van der Waals surface area contributed by atoms with E-state index in [0.29, 0.717) is 13.1 Å². The predicted octanol–water partition coefficient (Wildman–Crippen LogP) is 2.39. The Kier molecular flexibility index (Phi) is 5.73. The number of piperidine rings is 3. The fraction of sp³-hybridized carbons (Fsp3) is 0.481. The molecule has 5 nitrogen and oxygen atoms in total. The maximum Gasteiger partial charge on any atom is 0.119 e. The summed E-state index contributed by atoms with van der Waals surface area (Å²) in [6.45, 7) is 3.10. The Balaban J connectivity index is 1.57. The SMILES string of the molecule is C#CC1N2CCC(CC2)[C@@]1(O)c1ccc(N2C[C@@H](O)[C@@H](OC)C2)cc1Cc1ccccc1. The molecule has 4 saturated heterocycles. The number of methoxy groups -OCH3 is 1. The second-order valence-electron chi connectivity index (χ2n) is 9.46. The van der Waals surface area contributed by atoms with E-state index in [1.54, 1.807) is 7.11 Å². The first kappa shape index (κ1) is 21.5. The summed E-state index contributed by atoms with van der Waals surface area (Å²) >= 11 is 0. The maximum atomic E-state index is 12.2. The van der Waals surface area contributed by atoms with Gasteiger partial charge in [0.2, 0.25) is 0 Å². The Bertz CT molecular complexity index is 996. The number of β-amino-alcohol motifs (C(OH)–C–C–N with tert-alkyl or cyclic N) is 1. The summed E-state index contributed by atoms with van der Waals surface area (Å²) in [6.07, 6.45) is 7.94. The van der Waals surface area contributed by atoms with Crippen LogP contribution in [0.25, 0.3) is 0 Å². The molecule has 32 heavy (non-hydrogen) atoms. The fourth-order valence-electron chi connectivity index (χ4n) is 6.03. The number of hydrogen-bond acceptors (Lipinski definition) is 5. The van der Waals surface area contributed by atoms with Gasteiger partial charge < -0.3 is 19.8 Å². The molecule has 0 amide bonds. The summed E-state index contributed by atoms with van der Waals surface area (Å²) in [7, 11) is 1.64. The smallest absolute Gasteiger partial charge is 0.119 e. The van der Waals surface area contributed by atoms with Crippen molar-refractivity contribution in [2.45, 2.75) is 43.1 Å². The van der Waals surface area contributed by atoms with Crippen molar-refractivity contribution in [3.8, 4) is 12.3 Å². The zero-order valence-corrected chi connectivity index (χ0v) is 18.7. The van der Waals surface area contributed by atoms with E-state index in [0.717, 1.165) is 49.2 Å². The van der Waals surface area contributed by atoms with Crippen LogP contribution in [0.5, 0.6) is 0 Å². The lowest BCUT2D eigenvalue weighted by molar-refractivity contribution is -0.143. The first-order valence-electron chi connectivity index (χ1n) is 11.6. The number of aliphatic hydroxyl groups is 2. The standard InChI is InChI=1S/C27H32N2O3/c1-3-26-27(31,21-11-13-28(26)14-12-21)23-10-9-22(29-17-24(30)25(18-29)32-2)16-20(23)15-19-7-5-4-6-8-19/h1,4-10,16,21,24-26,30-31H,11-15,17-18H2,2H3/t24-,25+,26?,27-/m1/s1. The Morgan fingerprint density at radius 2 is 1.88 bits per heavy atom. The first-order valence-corrected chi connectivity index (χ1v) is 11.6. The molecule has 0 saturated carbocycles. The molecule has 0 spiro atoms. The molecule has 5 heteroatoms. The molecule has 4 heterocycles. The summed E-state index contributed by atoms with van der Waals surface area (Å²) in [5.41, 5.74) is 3.24. The maximum absolute atomic E-state index is 12.2. The van der Waals surface area contributed by atoms with E-state index in [1.165, 1.54) is 5.56 Å². The average molecular weight is 433 g/mol. The number of anilines is 1. The molecular formula is C27H32N2O3. The highest BCUT2D eigenvalue weighted by Crippen LogP contribution is 2.48. The number of hydrogen-bond donors (Lipinski definition) is 2. The Morgan fingerprint density at radius 3 is 2.53 bits per heavy atom. The molecule has 2 aromatic carbocycles. The molecule has 0 aromatic heterocycles. The van der Waals surface area contributed by atoms with Gasteiger partial charge in [0, 0.05) is 25.9 Å². The molecule has 2 N–H and O–H groups in total. The molecule has 6 rings (SSSR count). The number of aliphatic hydroxyl groups excluding tert-OH is 1. The van der Waals surface area contributed by atoms with Crippen LogP contribution in [0, 0.1) is 18.3 Å². The van der Waals surface area contributed by atoms with E-state index in [1.807, 2.05) is 18.2 Å². The van der Waals surface area contributed by atoms with Gasteiger partial charge in [0.1, 0.15) is 17.7 Å². The minimum absolute atomic E-state index is 0.167. The van der Waals surface area contributed by atoms with Crippen LogP contribution in [0.4, 0.5) is 5.69 Å². The third kappa shape index (κ3) is 3.52. The van der Waals surface area contributed by atoms with E-state index in [4.69, 9.17) is 11.2 Å². The van der Waals surface area contributed by atoms with Gasteiger partial charge in [-0.25, -0.2) is 0 Å². The predicted molar refractivity (Wildman–Crippen MR) is 126 cm³/mol. The van der Waals surface area contributed by atoms with Gasteiger partial charge in [-0.1, -0.05) is 42.3 Å². The van der Waals surface area contributed by atoms with Gasteiger partial charge >= 0.3 is 0 Å². The fourth-order valence-corrected chi connectivity index (χ4v) is 6.03. The monoisotopic (exact) mass is 432 g/mol. The minimum atomic E-state index is -1.05. The number of benzene rings is 2. The van der Waals surface area contributed by atoms with Crippen molar-refractivity contribution in [2.24, 2.45) is 5.92 Å². The third-order valence-electron chi connectivity index (χ3n) is 7.75. The molecule has 4 atom stereocenters. The van der Waals surface area contributed by atoms with E-state index in [-0.39, 0.29) is 18.1 Å². The van der Waals surface area contributed by atoms with E-state index >= 15 is 0 Å². The van der Waals surface area contributed by atoms with Gasteiger partial charge in [0.15, 0.2) is 0 Å². The quantitative estimate of drug-likeness (QED) is 0.711.